The van der Waals surface area contributed by atoms with Gasteiger partial charge < -0.3 is 5.32 Å². The van der Waals surface area contributed by atoms with Crippen molar-refractivity contribution in [3.8, 4) is 11.3 Å². The smallest absolute Gasteiger partial charge is 0.275 e. The van der Waals surface area contributed by atoms with Gasteiger partial charge in [-0.2, -0.15) is 5.10 Å². The van der Waals surface area contributed by atoms with Crippen LogP contribution in [-0.2, 0) is 11.3 Å². The van der Waals surface area contributed by atoms with Crippen molar-refractivity contribution in [2.75, 3.05) is 5.32 Å². The normalized spacial score (nSPS) is 10.9. The zero-order chi connectivity index (χ0) is 19.7. The molecule has 1 amide bonds. The first-order chi connectivity index (χ1) is 13.5. The van der Waals surface area contributed by atoms with Gasteiger partial charge in [-0.15, -0.1) is 11.3 Å². The molecule has 4 rings (SSSR count). The minimum absolute atomic E-state index is 0.214. The van der Waals surface area contributed by atoms with Crippen molar-refractivity contribution in [2.24, 2.45) is 0 Å². The molecule has 1 N–H and O–H groups in total. The summed E-state index contributed by atoms with van der Waals surface area (Å²) in [4.78, 5) is 30.2. The van der Waals surface area contributed by atoms with Crippen LogP contribution in [0.5, 0.6) is 0 Å². The maximum Gasteiger partial charge on any atom is 0.275 e. The van der Waals surface area contributed by atoms with Crippen molar-refractivity contribution in [3.63, 3.8) is 0 Å². The first-order valence-corrected chi connectivity index (χ1v) is 9.31. The largest absolute Gasteiger partial charge is 0.300 e. The minimum atomic E-state index is -0.399. The summed E-state index contributed by atoms with van der Waals surface area (Å²) in [6, 6.07) is 13.1. The molecule has 0 bridgehead atoms. The number of hydrogen-bond acceptors (Lipinski definition) is 5. The average molecular weight is 394 g/mol. The molecule has 0 aliphatic rings. The molecule has 0 aliphatic carbocycles. The van der Waals surface area contributed by atoms with Crippen LogP contribution in [0.2, 0.25) is 0 Å². The number of aromatic nitrogens is 3. The highest BCUT2D eigenvalue weighted by Gasteiger charge is 2.14. The van der Waals surface area contributed by atoms with Crippen LogP contribution < -0.4 is 10.9 Å². The highest BCUT2D eigenvalue weighted by molar-refractivity contribution is 7.16. The topological polar surface area (TPSA) is 76.9 Å². The van der Waals surface area contributed by atoms with E-state index in [2.05, 4.69) is 15.4 Å². The molecule has 0 aliphatic heterocycles. The molecule has 6 nitrogen and oxygen atoms in total. The van der Waals surface area contributed by atoms with Gasteiger partial charge in [-0.25, -0.2) is 14.1 Å². The van der Waals surface area contributed by atoms with Crippen molar-refractivity contribution in [2.45, 2.75) is 13.5 Å². The summed E-state index contributed by atoms with van der Waals surface area (Å²) in [5.74, 6) is -0.720. The Morgan fingerprint density at radius 2 is 1.93 bits per heavy atom. The van der Waals surface area contributed by atoms with E-state index in [1.807, 2.05) is 13.0 Å². The number of nitrogens with zero attached hydrogens (tertiary/aromatic N) is 3. The van der Waals surface area contributed by atoms with E-state index < -0.39 is 5.91 Å². The van der Waals surface area contributed by atoms with Gasteiger partial charge in [-0.1, -0.05) is 18.2 Å². The first kappa shape index (κ1) is 18.0. The minimum Gasteiger partial charge on any atom is -0.300 e. The fourth-order valence-electron chi connectivity index (χ4n) is 2.86. The molecule has 8 heteroatoms. The van der Waals surface area contributed by atoms with Crippen molar-refractivity contribution >= 4 is 33.1 Å². The van der Waals surface area contributed by atoms with Crippen molar-refractivity contribution in [1.29, 1.82) is 0 Å². The number of halogens is 1. The molecular weight excluding hydrogens is 379 g/mol. The maximum absolute atomic E-state index is 13.1. The predicted molar refractivity (Wildman–Crippen MR) is 107 cm³/mol. The lowest BCUT2D eigenvalue weighted by atomic mass is 10.1. The van der Waals surface area contributed by atoms with Crippen LogP contribution in [0.15, 0.2) is 59.5 Å². The number of nitrogens with one attached hydrogen (secondary N) is 1. The molecule has 2 aromatic carbocycles. The van der Waals surface area contributed by atoms with Gasteiger partial charge >= 0.3 is 0 Å². The summed E-state index contributed by atoms with van der Waals surface area (Å²) in [6.07, 6.45) is 1.56. The number of thiazole rings is 1. The third kappa shape index (κ3) is 3.54. The number of amides is 1. The Morgan fingerprint density at radius 1 is 1.18 bits per heavy atom. The van der Waals surface area contributed by atoms with Crippen LogP contribution in [0.1, 0.15) is 4.88 Å². The van der Waals surface area contributed by atoms with Crippen LogP contribution >= 0.6 is 11.3 Å². The lowest BCUT2D eigenvalue weighted by Gasteiger charge is -2.05. The number of anilines is 1. The fourth-order valence-corrected chi connectivity index (χ4v) is 3.71. The summed E-state index contributed by atoms with van der Waals surface area (Å²) in [6.45, 7) is 1.66. The third-order valence-corrected chi connectivity index (χ3v) is 5.10. The van der Waals surface area contributed by atoms with Gasteiger partial charge in [0.1, 0.15) is 12.4 Å². The maximum atomic E-state index is 13.1. The number of benzene rings is 2. The Morgan fingerprint density at radius 3 is 2.71 bits per heavy atom. The zero-order valence-corrected chi connectivity index (χ0v) is 15.7. The number of carbonyl (C=O) groups excluding carboxylic acids is 1. The van der Waals surface area contributed by atoms with Gasteiger partial charge in [0, 0.05) is 15.8 Å². The molecule has 2 aromatic heterocycles. The van der Waals surface area contributed by atoms with Gasteiger partial charge in [0.05, 0.1) is 17.3 Å². The van der Waals surface area contributed by atoms with Crippen LogP contribution in [0.25, 0.3) is 22.0 Å². The second-order valence-electron chi connectivity index (χ2n) is 6.17. The fraction of sp³-hybridized carbons (Fsp3) is 0.100. The van der Waals surface area contributed by atoms with E-state index in [1.165, 1.54) is 23.5 Å². The van der Waals surface area contributed by atoms with Crippen molar-refractivity contribution in [1.82, 2.24) is 14.8 Å². The standard InChI is InChI=1S/C20H15FN4O2S/c1-12-18(13-6-8-15(21)9-7-13)24-20(28-12)23-17(26)11-25-19(27)16-5-3-2-4-14(16)10-22-25/h2-10H,11H2,1H3,(H,23,24,26). The molecule has 4 aromatic rings. The summed E-state index contributed by atoms with van der Waals surface area (Å²) in [5.41, 5.74) is 1.12. The lowest BCUT2D eigenvalue weighted by Crippen LogP contribution is -2.29. The number of aryl methyl sites for hydroxylation is 1. The van der Waals surface area contributed by atoms with Gasteiger partial charge in [-0.3, -0.25) is 9.59 Å². The summed E-state index contributed by atoms with van der Waals surface area (Å²) in [5, 5.41) is 8.41. The van der Waals surface area contributed by atoms with E-state index in [9.17, 15) is 14.0 Å². The van der Waals surface area contributed by atoms with E-state index in [0.29, 0.717) is 16.2 Å². The Kier molecular flexibility index (Phi) is 4.70. The summed E-state index contributed by atoms with van der Waals surface area (Å²) >= 11 is 1.31. The van der Waals surface area contributed by atoms with Crippen LogP contribution in [0.3, 0.4) is 0 Å². The van der Waals surface area contributed by atoms with Crippen LogP contribution in [0, 0.1) is 12.7 Å². The summed E-state index contributed by atoms with van der Waals surface area (Å²) < 4.78 is 14.2. The van der Waals surface area contributed by atoms with Gasteiger partial charge in [0.2, 0.25) is 5.91 Å². The second kappa shape index (κ2) is 7.32. The summed E-state index contributed by atoms with van der Waals surface area (Å²) in [7, 11) is 0. The van der Waals surface area contributed by atoms with E-state index in [4.69, 9.17) is 0 Å². The molecule has 0 fully saturated rings. The molecule has 0 saturated heterocycles. The van der Waals surface area contributed by atoms with Gasteiger partial charge in [-0.05, 0) is 37.3 Å². The molecule has 0 spiro atoms. The SMILES string of the molecule is Cc1sc(NC(=O)Cn2ncc3ccccc3c2=O)nc1-c1ccc(F)cc1. The second-order valence-corrected chi connectivity index (χ2v) is 7.38. The monoisotopic (exact) mass is 394 g/mol. The Labute approximate surface area is 163 Å². The number of carbonyl (C=O) groups is 1. The third-order valence-electron chi connectivity index (χ3n) is 4.22. The van der Waals surface area contributed by atoms with Crippen LogP contribution in [0.4, 0.5) is 9.52 Å². The first-order valence-electron chi connectivity index (χ1n) is 8.49. The number of hydrogen-bond donors (Lipinski definition) is 1. The molecule has 2 heterocycles. The molecule has 28 heavy (non-hydrogen) atoms. The van der Waals surface area contributed by atoms with Crippen molar-refractivity contribution < 1.29 is 9.18 Å². The lowest BCUT2D eigenvalue weighted by molar-refractivity contribution is -0.117. The highest BCUT2D eigenvalue weighted by atomic mass is 32.1. The van der Waals surface area contributed by atoms with Gasteiger partial charge in [0.25, 0.3) is 5.56 Å². The predicted octanol–water partition coefficient (Wildman–Crippen LogP) is 3.61. The molecule has 0 radical (unpaired) electrons. The molecular formula is C20H15FN4O2S. The molecule has 140 valence electrons. The molecule has 0 unspecified atom stereocenters. The van der Waals surface area contributed by atoms with E-state index in [-0.39, 0.29) is 17.9 Å². The van der Waals surface area contributed by atoms with Crippen molar-refractivity contribution in [3.05, 3.63) is 75.8 Å². The highest BCUT2D eigenvalue weighted by Crippen LogP contribution is 2.30. The molecule has 0 atom stereocenters. The zero-order valence-electron chi connectivity index (χ0n) is 14.8. The quantitative estimate of drug-likeness (QED) is 0.574. The van der Waals surface area contributed by atoms with Gasteiger partial charge in [0.15, 0.2) is 5.13 Å². The van der Waals surface area contributed by atoms with E-state index in [1.54, 1.807) is 36.5 Å². The Bertz CT molecular complexity index is 1230. The van der Waals surface area contributed by atoms with E-state index in [0.717, 1.165) is 20.5 Å². The molecule has 0 saturated carbocycles. The average Bonchev–Trinajstić information content (AvgIpc) is 3.05. The Balaban J connectivity index is 1.53. The van der Waals surface area contributed by atoms with E-state index >= 15 is 0 Å². The number of fused-ring (bicyclic) bond motifs is 1. The number of rotatable bonds is 4. The Hall–Kier alpha value is -3.39. The van der Waals surface area contributed by atoms with Crippen LogP contribution in [-0.4, -0.2) is 20.7 Å².